The Morgan fingerprint density at radius 3 is 2.52 bits per heavy atom. The minimum absolute atomic E-state index is 0.118. The molecule has 1 aliphatic rings. The maximum Gasteiger partial charge on any atom is 0.330 e. The van der Waals surface area contributed by atoms with E-state index in [1.165, 1.54) is 4.90 Å². The molecule has 2 aromatic heterocycles. The fourth-order valence-corrected chi connectivity index (χ4v) is 3.24. The van der Waals surface area contributed by atoms with Gasteiger partial charge in [-0.25, -0.2) is 14.8 Å². The Bertz CT molecular complexity index is 764. The number of amides is 1. The first kappa shape index (κ1) is 16.9. The predicted molar refractivity (Wildman–Crippen MR) is 91.5 cm³/mol. The average molecular weight is 343 g/mol. The number of anilines is 1. The quantitative estimate of drug-likeness (QED) is 0.892. The fraction of sp³-hybridized carbons (Fsp3) is 0.412. The van der Waals surface area contributed by atoms with Crippen molar-refractivity contribution in [3.63, 3.8) is 0 Å². The summed E-state index contributed by atoms with van der Waals surface area (Å²) >= 11 is 0. The smallest absolute Gasteiger partial charge is 0.330 e. The lowest BCUT2D eigenvalue weighted by atomic mass is 9.87. The first-order chi connectivity index (χ1) is 12.0. The number of nitrogens with zero attached hydrogens (tertiary/aromatic N) is 5. The summed E-state index contributed by atoms with van der Waals surface area (Å²) < 4.78 is 1.66. The van der Waals surface area contributed by atoms with Crippen molar-refractivity contribution in [2.75, 3.05) is 32.1 Å². The van der Waals surface area contributed by atoms with Gasteiger partial charge in [0.2, 0.25) is 0 Å². The van der Waals surface area contributed by atoms with E-state index < -0.39 is 11.5 Å². The van der Waals surface area contributed by atoms with Crippen molar-refractivity contribution in [1.82, 2.24) is 19.4 Å². The third-order valence-electron chi connectivity index (χ3n) is 4.71. The molecular formula is C17H21N5O3. The highest BCUT2D eigenvalue weighted by Crippen LogP contribution is 2.33. The largest absolute Gasteiger partial charge is 0.479 e. The molecule has 132 valence electrons. The Kier molecular flexibility index (Phi) is 4.43. The maximum absolute atomic E-state index is 12.4. The molecule has 1 fully saturated rings. The zero-order chi connectivity index (χ0) is 18.0. The molecule has 3 rings (SSSR count). The Morgan fingerprint density at radius 1 is 1.24 bits per heavy atom. The molecule has 3 heterocycles. The second kappa shape index (κ2) is 6.54. The molecule has 8 heteroatoms. The van der Waals surface area contributed by atoms with Gasteiger partial charge in [-0.15, -0.1) is 0 Å². The van der Waals surface area contributed by atoms with Gasteiger partial charge in [-0.3, -0.25) is 4.79 Å². The molecule has 0 spiro atoms. The highest BCUT2D eigenvalue weighted by molar-refractivity contribution is 5.98. The third kappa shape index (κ3) is 2.95. The molecule has 25 heavy (non-hydrogen) atoms. The van der Waals surface area contributed by atoms with Crippen LogP contribution in [0.15, 0.2) is 37.1 Å². The van der Waals surface area contributed by atoms with Crippen molar-refractivity contribution < 1.29 is 14.7 Å². The van der Waals surface area contributed by atoms with Crippen LogP contribution in [0.1, 0.15) is 23.2 Å². The van der Waals surface area contributed by atoms with Crippen molar-refractivity contribution in [2.45, 2.75) is 18.4 Å². The molecule has 2 aromatic rings. The molecule has 1 amide bonds. The van der Waals surface area contributed by atoms with Gasteiger partial charge in [-0.2, -0.15) is 0 Å². The lowest BCUT2D eigenvalue weighted by Crippen LogP contribution is -2.51. The predicted octanol–water partition coefficient (Wildman–Crippen LogP) is 1.06. The fourth-order valence-electron chi connectivity index (χ4n) is 3.24. The molecule has 0 aliphatic carbocycles. The molecular weight excluding hydrogens is 322 g/mol. The average Bonchev–Trinajstić information content (AvgIpc) is 3.16. The van der Waals surface area contributed by atoms with Gasteiger partial charge >= 0.3 is 5.97 Å². The zero-order valence-electron chi connectivity index (χ0n) is 14.3. The Balaban J connectivity index is 1.86. The van der Waals surface area contributed by atoms with Crippen LogP contribution < -0.4 is 4.90 Å². The number of hydrogen-bond donors (Lipinski definition) is 1. The second-order valence-corrected chi connectivity index (χ2v) is 6.37. The molecule has 1 aliphatic heterocycles. The lowest BCUT2D eigenvalue weighted by molar-refractivity contribution is -0.148. The maximum atomic E-state index is 12.4. The van der Waals surface area contributed by atoms with Gasteiger partial charge < -0.3 is 19.5 Å². The van der Waals surface area contributed by atoms with Crippen LogP contribution in [0.4, 0.5) is 5.82 Å². The summed E-state index contributed by atoms with van der Waals surface area (Å²) in [5.74, 6) is -0.380. The Morgan fingerprint density at radius 2 is 1.96 bits per heavy atom. The summed E-state index contributed by atoms with van der Waals surface area (Å²) in [6.07, 6.45) is 7.28. The number of aliphatic carboxylic acids is 1. The van der Waals surface area contributed by atoms with E-state index in [-0.39, 0.29) is 5.91 Å². The summed E-state index contributed by atoms with van der Waals surface area (Å²) in [6.45, 7) is 0.990. The topological polar surface area (TPSA) is 91.6 Å². The van der Waals surface area contributed by atoms with Gasteiger partial charge in [0.1, 0.15) is 11.4 Å². The molecule has 1 saturated heterocycles. The minimum Gasteiger partial charge on any atom is -0.479 e. The van der Waals surface area contributed by atoms with Gasteiger partial charge in [-0.1, -0.05) is 0 Å². The van der Waals surface area contributed by atoms with E-state index >= 15 is 0 Å². The van der Waals surface area contributed by atoms with Crippen molar-refractivity contribution in [1.29, 1.82) is 0 Å². The van der Waals surface area contributed by atoms with Crippen molar-refractivity contribution in [2.24, 2.45) is 0 Å². The number of imidazole rings is 1. The van der Waals surface area contributed by atoms with Crippen molar-refractivity contribution in [3.8, 4) is 0 Å². The number of pyridine rings is 1. The first-order valence-corrected chi connectivity index (χ1v) is 8.09. The van der Waals surface area contributed by atoms with Crippen molar-refractivity contribution in [3.05, 3.63) is 42.6 Å². The molecule has 0 bridgehead atoms. The van der Waals surface area contributed by atoms with E-state index in [0.717, 1.165) is 0 Å². The van der Waals surface area contributed by atoms with E-state index in [9.17, 15) is 14.7 Å². The SMILES string of the molecule is CN(C)C(=O)c1cccnc1N1CCC(C(=O)O)(n2ccnc2)CC1. The highest BCUT2D eigenvalue weighted by atomic mass is 16.4. The van der Waals surface area contributed by atoms with E-state index in [1.807, 2.05) is 4.90 Å². The van der Waals surface area contributed by atoms with E-state index in [0.29, 0.717) is 37.3 Å². The standard InChI is InChI=1S/C17H21N5O3/c1-20(2)15(23)13-4-3-7-19-14(13)21-9-5-17(6-10-21,16(24)25)22-11-8-18-12-22/h3-4,7-8,11-12H,5-6,9-10H2,1-2H3,(H,24,25). The number of rotatable bonds is 4. The van der Waals surface area contributed by atoms with Crippen molar-refractivity contribution >= 4 is 17.7 Å². The van der Waals surface area contributed by atoms with Gasteiger partial charge in [0.25, 0.3) is 5.91 Å². The van der Waals surface area contributed by atoms with Crippen LogP contribution in [-0.2, 0) is 10.3 Å². The van der Waals surface area contributed by atoms with Gasteiger partial charge in [0.05, 0.1) is 11.9 Å². The number of aromatic nitrogens is 3. The van der Waals surface area contributed by atoms with Crippen LogP contribution in [0.2, 0.25) is 0 Å². The number of carbonyl (C=O) groups is 2. The molecule has 0 radical (unpaired) electrons. The highest BCUT2D eigenvalue weighted by Gasteiger charge is 2.43. The summed E-state index contributed by atoms with van der Waals surface area (Å²) in [5, 5.41) is 9.79. The number of carboxylic acid groups (broad SMARTS) is 1. The lowest BCUT2D eigenvalue weighted by Gasteiger charge is -2.40. The summed E-state index contributed by atoms with van der Waals surface area (Å²) in [6, 6.07) is 3.48. The molecule has 0 saturated carbocycles. The normalized spacial score (nSPS) is 16.5. The molecule has 0 unspecified atom stereocenters. The zero-order valence-corrected chi connectivity index (χ0v) is 14.3. The third-order valence-corrected chi connectivity index (χ3v) is 4.71. The minimum atomic E-state index is -1.01. The number of piperidine rings is 1. The van der Waals surface area contributed by atoms with Gasteiger partial charge in [0.15, 0.2) is 0 Å². The Hall–Kier alpha value is -2.90. The molecule has 8 nitrogen and oxygen atoms in total. The van der Waals surface area contributed by atoms with E-state index in [2.05, 4.69) is 9.97 Å². The first-order valence-electron chi connectivity index (χ1n) is 8.09. The summed E-state index contributed by atoms with van der Waals surface area (Å²) in [5.41, 5.74) is -0.481. The summed E-state index contributed by atoms with van der Waals surface area (Å²) in [4.78, 5) is 36.2. The monoisotopic (exact) mass is 343 g/mol. The van der Waals surface area contributed by atoms with Gasteiger partial charge in [-0.05, 0) is 25.0 Å². The second-order valence-electron chi connectivity index (χ2n) is 6.37. The van der Waals surface area contributed by atoms with Crippen LogP contribution in [0.3, 0.4) is 0 Å². The number of carboxylic acids is 1. The van der Waals surface area contributed by atoms with E-state index in [4.69, 9.17) is 0 Å². The number of carbonyl (C=O) groups excluding carboxylic acids is 1. The number of hydrogen-bond acceptors (Lipinski definition) is 5. The van der Waals surface area contributed by atoms with Crippen LogP contribution in [0.5, 0.6) is 0 Å². The molecule has 1 N–H and O–H groups in total. The molecule has 0 aromatic carbocycles. The van der Waals surface area contributed by atoms with Crippen LogP contribution in [0.25, 0.3) is 0 Å². The van der Waals surface area contributed by atoms with E-state index in [1.54, 1.807) is 55.7 Å². The molecule has 0 atom stereocenters. The van der Waals surface area contributed by atoms with Gasteiger partial charge in [0, 0.05) is 45.8 Å². The van der Waals surface area contributed by atoms with Crippen LogP contribution in [0, 0.1) is 0 Å². The summed E-state index contributed by atoms with van der Waals surface area (Å²) in [7, 11) is 3.40. The Labute approximate surface area is 145 Å². The van der Waals surface area contributed by atoms with Crippen LogP contribution >= 0.6 is 0 Å². The van der Waals surface area contributed by atoms with Crippen LogP contribution in [-0.4, -0.2) is 63.6 Å².